The Labute approximate surface area is 212 Å². The largest absolute Gasteiger partial charge is 0.493 e. The van der Waals surface area contributed by atoms with E-state index in [0.717, 1.165) is 55.6 Å². The number of hydrogen-bond acceptors (Lipinski definition) is 7. The summed E-state index contributed by atoms with van der Waals surface area (Å²) in [5.74, 6) is 3.06. The first kappa shape index (κ1) is 25.1. The van der Waals surface area contributed by atoms with Gasteiger partial charge in [-0.2, -0.15) is 0 Å². The summed E-state index contributed by atoms with van der Waals surface area (Å²) in [6, 6.07) is 16.8. The number of hydrogen-bond donors (Lipinski definition) is 2. The van der Waals surface area contributed by atoms with Gasteiger partial charge in [0.2, 0.25) is 0 Å². The maximum atomic E-state index is 12.5. The van der Waals surface area contributed by atoms with Crippen molar-refractivity contribution < 1.29 is 19.0 Å². The fraction of sp³-hybridized carbons (Fsp3) is 0.333. The molecule has 9 heteroatoms. The highest BCUT2D eigenvalue weighted by molar-refractivity contribution is 6.00. The van der Waals surface area contributed by atoms with Gasteiger partial charge >= 0.3 is 6.03 Å². The predicted molar refractivity (Wildman–Crippen MR) is 142 cm³/mol. The molecule has 2 heterocycles. The molecule has 1 saturated heterocycles. The van der Waals surface area contributed by atoms with Crippen LogP contribution in [-0.4, -0.2) is 62.9 Å². The minimum Gasteiger partial charge on any atom is -0.493 e. The number of rotatable bonds is 9. The van der Waals surface area contributed by atoms with Crippen LogP contribution in [0.1, 0.15) is 12.5 Å². The quantitative estimate of drug-likeness (QED) is 0.457. The molecule has 0 unspecified atom stereocenters. The minimum absolute atomic E-state index is 0.349. The van der Waals surface area contributed by atoms with Crippen LogP contribution in [0.4, 0.5) is 22.0 Å². The van der Waals surface area contributed by atoms with E-state index in [4.69, 9.17) is 14.2 Å². The molecule has 1 aromatic heterocycles. The van der Waals surface area contributed by atoms with Crippen LogP contribution in [0.25, 0.3) is 0 Å². The van der Waals surface area contributed by atoms with Crippen LogP contribution >= 0.6 is 0 Å². The van der Waals surface area contributed by atoms with Crippen LogP contribution in [0.5, 0.6) is 17.2 Å². The van der Waals surface area contributed by atoms with Crippen molar-refractivity contribution in [3.8, 4) is 17.2 Å². The van der Waals surface area contributed by atoms with Gasteiger partial charge in [-0.3, -0.25) is 4.90 Å². The third-order valence-corrected chi connectivity index (χ3v) is 6.02. The van der Waals surface area contributed by atoms with Gasteiger partial charge in [0.1, 0.15) is 11.6 Å². The van der Waals surface area contributed by atoms with Crippen molar-refractivity contribution in [1.82, 2.24) is 9.88 Å². The van der Waals surface area contributed by atoms with Gasteiger partial charge in [0, 0.05) is 38.3 Å². The normalized spacial score (nSPS) is 13.7. The Bertz CT molecular complexity index is 1150. The van der Waals surface area contributed by atoms with E-state index >= 15 is 0 Å². The third kappa shape index (κ3) is 6.17. The van der Waals surface area contributed by atoms with Crippen molar-refractivity contribution in [3.05, 3.63) is 66.4 Å². The molecule has 0 saturated carbocycles. The lowest BCUT2D eigenvalue weighted by atomic mass is 10.1. The number of anilines is 3. The molecule has 2 aromatic carbocycles. The van der Waals surface area contributed by atoms with E-state index in [0.29, 0.717) is 23.7 Å². The second kappa shape index (κ2) is 12.1. The second-order valence-electron chi connectivity index (χ2n) is 8.33. The van der Waals surface area contributed by atoms with E-state index in [-0.39, 0.29) is 6.03 Å². The van der Waals surface area contributed by atoms with Gasteiger partial charge in [0.25, 0.3) is 0 Å². The first-order chi connectivity index (χ1) is 17.6. The topological polar surface area (TPSA) is 88.2 Å². The molecular formula is C27H33N5O4. The smallest absolute Gasteiger partial charge is 0.323 e. The van der Waals surface area contributed by atoms with Gasteiger partial charge in [-0.05, 0) is 37.3 Å². The lowest BCUT2D eigenvalue weighted by Crippen LogP contribution is -2.46. The Kier molecular flexibility index (Phi) is 8.46. The first-order valence-electron chi connectivity index (χ1n) is 12.0. The summed E-state index contributed by atoms with van der Waals surface area (Å²) in [5.41, 5.74) is 2.35. The van der Waals surface area contributed by atoms with E-state index in [1.54, 1.807) is 26.5 Å². The Balaban J connectivity index is 1.29. The summed E-state index contributed by atoms with van der Waals surface area (Å²) in [6.45, 7) is 6.76. The van der Waals surface area contributed by atoms with Crippen molar-refractivity contribution >= 4 is 23.2 Å². The molecule has 4 rings (SSSR count). The van der Waals surface area contributed by atoms with Crippen LogP contribution in [0, 0.1) is 0 Å². The van der Waals surface area contributed by atoms with E-state index < -0.39 is 0 Å². The van der Waals surface area contributed by atoms with Gasteiger partial charge in [-0.1, -0.05) is 24.3 Å². The molecule has 0 radical (unpaired) electrons. The summed E-state index contributed by atoms with van der Waals surface area (Å²) >= 11 is 0. The molecule has 0 atom stereocenters. The Hall–Kier alpha value is -3.98. The summed E-state index contributed by atoms with van der Waals surface area (Å²) in [6.07, 6.45) is 1.68. The highest BCUT2D eigenvalue weighted by atomic mass is 16.5. The molecule has 0 aliphatic carbocycles. The number of carbonyl (C=O) groups excluding carboxylic acids is 1. The number of nitrogens with zero attached hydrogens (tertiary/aromatic N) is 3. The zero-order chi connectivity index (χ0) is 25.3. The summed E-state index contributed by atoms with van der Waals surface area (Å²) in [4.78, 5) is 21.7. The van der Waals surface area contributed by atoms with Gasteiger partial charge in [-0.25, -0.2) is 9.78 Å². The van der Waals surface area contributed by atoms with Crippen LogP contribution in [0.3, 0.4) is 0 Å². The van der Waals surface area contributed by atoms with E-state index in [2.05, 4.69) is 31.5 Å². The van der Waals surface area contributed by atoms with Crippen LogP contribution in [-0.2, 0) is 6.54 Å². The van der Waals surface area contributed by atoms with Crippen LogP contribution in [0.15, 0.2) is 60.8 Å². The maximum absolute atomic E-state index is 12.5. The average molecular weight is 492 g/mol. The molecule has 36 heavy (non-hydrogen) atoms. The molecule has 1 aliphatic rings. The molecular weight excluding hydrogens is 458 g/mol. The van der Waals surface area contributed by atoms with Gasteiger partial charge in [-0.15, -0.1) is 0 Å². The SMILES string of the molecule is CCOc1ccccc1NC(=O)Nc1ccc(N2CCN(Cc3cccc(OC)c3OC)CC2)nc1. The number of amides is 2. The van der Waals surface area contributed by atoms with E-state index in [1.807, 2.05) is 49.4 Å². The number of para-hydroxylation sites is 3. The van der Waals surface area contributed by atoms with Crippen LogP contribution < -0.4 is 29.7 Å². The fourth-order valence-corrected chi connectivity index (χ4v) is 4.24. The van der Waals surface area contributed by atoms with Crippen LogP contribution in [0.2, 0.25) is 0 Å². The number of methoxy groups -OCH3 is 2. The van der Waals surface area contributed by atoms with Crippen molar-refractivity contribution in [2.45, 2.75) is 13.5 Å². The van der Waals surface area contributed by atoms with Gasteiger partial charge in [0.15, 0.2) is 11.5 Å². The molecule has 0 bridgehead atoms. The number of pyridine rings is 1. The van der Waals surface area contributed by atoms with Crippen molar-refractivity contribution in [2.24, 2.45) is 0 Å². The first-order valence-corrected chi connectivity index (χ1v) is 12.0. The Morgan fingerprint density at radius 3 is 2.39 bits per heavy atom. The van der Waals surface area contributed by atoms with Crippen molar-refractivity contribution in [1.29, 1.82) is 0 Å². The molecule has 2 N–H and O–H groups in total. The zero-order valence-electron chi connectivity index (χ0n) is 21.0. The lowest BCUT2D eigenvalue weighted by Gasteiger charge is -2.35. The number of piperazine rings is 1. The highest BCUT2D eigenvalue weighted by Gasteiger charge is 2.20. The highest BCUT2D eigenvalue weighted by Crippen LogP contribution is 2.32. The number of ether oxygens (including phenoxy) is 3. The molecule has 1 fully saturated rings. The monoisotopic (exact) mass is 491 g/mol. The molecule has 1 aliphatic heterocycles. The lowest BCUT2D eigenvalue weighted by molar-refractivity contribution is 0.244. The maximum Gasteiger partial charge on any atom is 0.323 e. The molecule has 3 aromatic rings. The second-order valence-corrected chi connectivity index (χ2v) is 8.33. The average Bonchev–Trinajstić information content (AvgIpc) is 2.90. The molecule has 190 valence electrons. The van der Waals surface area contributed by atoms with E-state index in [1.165, 1.54) is 0 Å². The predicted octanol–water partition coefficient (Wildman–Crippen LogP) is 4.46. The zero-order valence-corrected chi connectivity index (χ0v) is 21.0. The Morgan fingerprint density at radius 2 is 1.69 bits per heavy atom. The van der Waals surface area contributed by atoms with E-state index in [9.17, 15) is 4.79 Å². The molecule has 9 nitrogen and oxygen atoms in total. The Morgan fingerprint density at radius 1 is 0.917 bits per heavy atom. The van der Waals surface area contributed by atoms with Crippen molar-refractivity contribution in [2.75, 3.05) is 62.5 Å². The fourth-order valence-electron chi connectivity index (χ4n) is 4.24. The minimum atomic E-state index is -0.349. The summed E-state index contributed by atoms with van der Waals surface area (Å²) in [7, 11) is 3.33. The number of nitrogens with one attached hydrogen (secondary N) is 2. The standard InChI is InChI=1S/C27H33N5O4/c1-4-36-23-10-6-5-9-22(23)30-27(33)29-21-12-13-25(28-18-21)32-16-14-31(15-17-32)19-20-8-7-11-24(34-2)26(20)35-3/h5-13,18H,4,14-17,19H2,1-3H3,(H2,29,30,33). The third-order valence-electron chi connectivity index (χ3n) is 6.02. The molecule has 2 amide bonds. The summed E-state index contributed by atoms with van der Waals surface area (Å²) < 4.78 is 16.6. The van der Waals surface area contributed by atoms with Crippen molar-refractivity contribution in [3.63, 3.8) is 0 Å². The van der Waals surface area contributed by atoms with Gasteiger partial charge in [0.05, 0.1) is 38.4 Å². The molecule has 0 spiro atoms. The number of carbonyl (C=O) groups is 1. The van der Waals surface area contributed by atoms with Gasteiger partial charge < -0.3 is 29.7 Å². The number of benzene rings is 2. The number of aromatic nitrogens is 1. The summed E-state index contributed by atoms with van der Waals surface area (Å²) in [5, 5.41) is 5.65. The number of urea groups is 1.